The van der Waals surface area contributed by atoms with E-state index in [2.05, 4.69) is 26.2 Å². The van der Waals surface area contributed by atoms with E-state index in [1.54, 1.807) is 6.07 Å². The van der Waals surface area contributed by atoms with Gasteiger partial charge in [-0.1, -0.05) is 15.9 Å². The molecule has 1 aromatic carbocycles. The number of carboxylic acids is 1. The molecule has 110 valence electrons. The highest BCUT2D eigenvalue weighted by atomic mass is 79.9. The van der Waals surface area contributed by atoms with E-state index in [0.29, 0.717) is 9.60 Å². The molecule has 1 amide bonds. The SMILES string of the molecule is Cc1csc(NC(=O)COc2cc(Br)ccc2C(=O)O)n1. The van der Waals surface area contributed by atoms with E-state index in [-0.39, 0.29) is 17.9 Å². The van der Waals surface area contributed by atoms with Gasteiger partial charge in [-0.25, -0.2) is 9.78 Å². The van der Waals surface area contributed by atoms with Crippen LogP contribution in [0, 0.1) is 6.92 Å². The summed E-state index contributed by atoms with van der Waals surface area (Å²) >= 11 is 4.54. The quantitative estimate of drug-likeness (QED) is 0.844. The summed E-state index contributed by atoms with van der Waals surface area (Å²) in [6, 6.07) is 4.50. The Balaban J connectivity index is 2.00. The molecule has 0 saturated carbocycles. The summed E-state index contributed by atoms with van der Waals surface area (Å²) in [7, 11) is 0. The van der Waals surface area contributed by atoms with Crippen LogP contribution >= 0.6 is 27.3 Å². The minimum absolute atomic E-state index is 0.00362. The molecule has 0 aliphatic carbocycles. The predicted molar refractivity (Wildman–Crippen MR) is 82.1 cm³/mol. The molecule has 0 radical (unpaired) electrons. The lowest BCUT2D eigenvalue weighted by Gasteiger charge is -2.09. The van der Waals surface area contributed by atoms with Crippen molar-refractivity contribution >= 4 is 44.3 Å². The molecular weight excluding hydrogens is 360 g/mol. The number of aromatic nitrogens is 1. The van der Waals surface area contributed by atoms with E-state index in [9.17, 15) is 9.59 Å². The van der Waals surface area contributed by atoms with Crippen LogP contribution in [0.5, 0.6) is 5.75 Å². The molecule has 0 unspecified atom stereocenters. The van der Waals surface area contributed by atoms with Crippen molar-refractivity contribution in [3.05, 3.63) is 39.3 Å². The van der Waals surface area contributed by atoms with Crippen molar-refractivity contribution in [3.63, 3.8) is 0 Å². The first-order chi connectivity index (χ1) is 9.95. The van der Waals surface area contributed by atoms with Gasteiger partial charge in [0.1, 0.15) is 11.3 Å². The number of hydrogen-bond donors (Lipinski definition) is 2. The van der Waals surface area contributed by atoms with Crippen molar-refractivity contribution in [1.82, 2.24) is 4.98 Å². The van der Waals surface area contributed by atoms with Crippen LogP contribution in [0.15, 0.2) is 28.1 Å². The number of halogens is 1. The van der Waals surface area contributed by atoms with E-state index in [0.717, 1.165) is 5.69 Å². The number of carbonyl (C=O) groups is 2. The molecule has 0 aliphatic rings. The Morgan fingerprint density at radius 2 is 2.24 bits per heavy atom. The third kappa shape index (κ3) is 4.27. The summed E-state index contributed by atoms with van der Waals surface area (Å²) in [6.07, 6.45) is 0. The fourth-order valence-corrected chi connectivity index (χ4v) is 2.55. The van der Waals surface area contributed by atoms with Gasteiger partial charge in [-0.3, -0.25) is 10.1 Å². The van der Waals surface area contributed by atoms with Gasteiger partial charge >= 0.3 is 5.97 Å². The summed E-state index contributed by atoms with van der Waals surface area (Å²) in [5.41, 5.74) is 0.812. The Morgan fingerprint density at radius 1 is 1.48 bits per heavy atom. The lowest BCUT2D eigenvalue weighted by atomic mass is 10.2. The first-order valence-corrected chi connectivity index (χ1v) is 7.50. The standard InChI is InChI=1S/C13H11BrN2O4S/c1-7-6-21-13(15-7)16-11(17)5-20-10-4-8(14)2-3-9(10)12(18)19/h2-4,6H,5H2,1H3,(H,18,19)(H,15,16,17). The maximum absolute atomic E-state index is 11.7. The van der Waals surface area contributed by atoms with E-state index in [1.165, 1.54) is 23.5 Å². The zero-order chi connectivity index (χ0) is 15.4. The van der Waals surface area contributed by atoms with Gasteiger partial charge in [0.05, 0.1) is 5.69 Å². The molecule has 8 heteroatoms. The van der Waals surface area contributed by atoms with E-state index in [4.69, 9.17) is 9.84 Å². The summed E-state index contributed by atoms with van der Waals surface area (Å²) in [5.74, 6) is -1.39. The summed E-state index contributed by atoms with van der Waals surface area (Å²) < 4.78 is 5.94. The second-order valence-electron chi connectivity index (χ2n) is 4.08. The Labute approximate surface area is 132 Å². The van der Waals surface area contributed by atoms with Crippen molar-refractivity contribution in [2.45, 2.75) is 6.92 Å². The zero-order valence-electron chi connectivity index (χ0n) is 10.9. The molecule has 21 heavy (non-hydrogen) atoms. The van der Waals surface area contributed by atoms with Crippen molar-refractivity contribution in [3.8, 4) is 5.75 Å². The lowest BCUT2D eigenvalue weighted by Crippen LogP contribution is -2.20. The Hall–Kier alpha value is -1.93. The first-order valence-electron chi connectivity index (χ1n) is 5.83. The lowest BCUT2D eigenvalue weighted by molar-refractivity contribution is -0.118. The number of amides is 1. The van der Waals surface area contributed by atoms with Gasteiger partial charge < -0.3 is 9.84 Å². The highest BCUT2D eigenvalue weighted by Crippen LogP contribution is 2.24. The number of thiazole rings is 1. The zero-order valence-corrected chi connectivity index (χ0v) is 13.3. The van der Waals surface area contributed by atoms with Crippen molar-refractivity contribution < 1.29 is 19.4 Å². The van der Waals surface area contributed by atoms with Gasteiger partial charge in [0, 0.05) is 9.85 Å². The van der Waals surface area contributed by atoms with Gasteiger partial charge in [0.2, 0.25) is 0 Å². The summed E-state index contributed by atoms with van der Waals surface area (Å²) in [4.78, 5) is 26.9. The number of aryl methyl sites for hydroxylation is 1. The average molecular weight is 371 g/mol. The van der Waals surface area contributed by atoms with Crippen molar-refractivity contribution in [2.24, 2.45) is 0 Å². The number of benzene rings is 1. The number of anilines is 1. The van der Waals surface area contributed by atoms with E-state index >= 15 is 0 Å². The molecular formula is C13H11BrN2O4S. The van der Waals surface area contributed by atoms with E-state index < -0.39 is 11.9 Å². The molecule has 1 heterocycles. The van der Waals surface area contributed by atoms with Crippen LogP contribution in [0.3, 0.4) is 0 Å². The van der Waals surface area contributed by atoms with Crippen LogP contribution in [0.2, 0.25) is 0 Å². The number of ether oxygens (including phenoxy) is 1. The van der Waals surface area contributed by atoms with Gasteiger partial charge in [-0.05, 0) is 25.1 Å². The topological polar surface area (TPSA) is 88.5 Å². The van der Waals surface area contributed by atoms with Crippen molar-refractivity contribution in [2.75, 3.05) is 11.9 Å². The largest absolute Gasteiger partial charge is 0.483 e. The number of aromatic carboxylic acids is 1. The number of nitrogens with zero attached hydrogens (tertiary/aromatic N) is 1. The van der Waals surface area contributed by atoms with Crippen LogP contribution in [0.1, 0.15) is 16.1 Å². The smallest absolute Gasteiger partial charge is 0.339 e. The van der Waals surface area contributed by atoms with Gasteiger partial charge in [0.25, 0.3) is 5.91 Å². The number of hydrogen-bond acceptors (Lipinski definition) is 5. The molecule has 2 rings (SSSR count). The molecule has 0 fully saturated rings. The third-order valence-electron chi connectivity index (χ3n) is 2.40. The third-order valence-corrected chi connectivity index (χ3v) is 3.77. The molecule has 0 saturated heterocycles. The highest BCUT2D eigenvalue weighted by Gasteiger charge is 2.13. The number of nitrogens with one attached hydrogen (secondary N) is 1. The van der Waals surface area contributed by atoms with Crippen molar-refractivity contribution in [1.29, 1.82) is 0 Å². The molecule has 0 spiro atoms. The van der Waals surface area contributed by atoms with Crippen LogP contribution in [0.25, 0.3) is 0 Å². The molecule has 0 atom stereocenters. The predicted octanol–water partition coefficient (Wildman–Crippen LogP) is 2.93. The molecule has 0 aliphatic heterocycles. The maximum atomic E-state index is 11.7. The Kier molecular flexibility index (Phi) is 4.92. The van der Waals surface area contributed by atoms with E-state index in [1.807, 2.05) is 12.3 Å². The molecule has 6 nitrogen and oxygen atoms in total. The van der Waals surface area contributed by atoms with Crippen LogP contribution in [-0.4, -0.2) is 28.6 Å². The van der Waals surface area contributed by atoms with Crippen LogP contribution in [0.4, 0.5) is 5.13 Å². The minimum atomic E-state index is -1.12. The number of carbonyl (C=O) groups excluding carboxylic acids is 1. The second-order valence-corrected chi connectivity index (χ2v) is 5.85. The average Bonchev–Trinajstić information content (AvgIpc) is 2.81. The number of carboxylic acid groups (broad SMARTS) is 1. The summed E-state index contributed by atoms with van der Waals surface area (Å²) in [5, 5.41) is 13.9. The minimum Gasteiger partial charge on any atom is -0.483 e. The van der Waals surface area contributed by atoms with Gasteiger partial charge in [-0.15, -0.1) is 11.3 Å². The molecule has 2 aromatic rings. The Morgan fingerprint density at radius 3 is 2.86 bits per heavy atom. The number of rotatable bonds is 5. The normalized spacial score (nSPS) is 10.2. The fourth-order valence-electron chi connectivity index (χ4n) is 1.50. The monoisotopic (exact) mass is 370 g/mol. The highest BCUT2D eigenvalue weighted by molar-refractivity contribution is 9.10. The first kappa shape index (κ1) is 15.5. The molecule has 2 N–H and O–H groups in total. The van der Waals surface area contributed by atoms with Crippen LogP contribution < -0.4 is 10.1 Å². The van der Waals surface area contributed by atoms with Crippen LogP contribution in [-0.2, 0) is 4.79 Å². The second kappa shape index (κ2) is 6.68. The van der Waals surface area contributed by atoms with Gasteiger partial charge in [-0.2, -0.15) is 0 Å². The molecule has 0 bridgehead atoms. The van der Waals surface area contributed by atoms with Gasteiger partial charge in [0.15, 0.2) is 11.7 Å². The fraction of sp³-hybridized carbons (Fsp3) is 0.154. The Bertz CT molecular complexity index is 687. The summed E-state index contributed by atoms with van der Waals surface area (Å²) in [6.45, 7) is 1.53. The maximum Gasteiger partial charge on any atom is 0.339 e. The molecule has 1 aromatic heterocycles.